The van der Waals surface area contributed by atoms with Gasteiger partial charge in [0.2, 0.25) is 0 Å². The topological polar surface area (TPSA) is 59.3 Å². The number of hydrogen-bond acceptors (Lipinski definition) is 4. The standard InChI is InChI=1S/C16H23N3O2/c1-11-5-6-14(21-4)9-16(11)17-10-15-12(2)18-19(7-8-20)13(15)3/h5-6,9,17,20H,7-8,10H2,1-4H3. The van der Waals surface area contributed by atoms with E-state index >= 15 is 0 Å². The van der Waals surface area contributed by atoms with Gasteiger partial charge < -0.3 is 15.2 Å². The molecular weight excluding hydrogens is 266 g/mol. The lowest BCUT2D eigenvalue weighted by atomic mass is 10.1. The zero-order valence-corrected chi connectivity index (χ0v) is 13.1. The van der Waals surface area contributed by atoms with Gasteiger partial charge in [-0.15, -0.1) is 0 Å². The van der Waals surface area contributed by atoms with Crippen LogP contribution in [0, 0.1) is 20.8 Å². The van der Waals surface area contributed by atoms with Crippen molar-refractivity contribution in [1.82, 2.24) is 9.78 Å². The van der Waals surface area contributed by atoms with Crippen LogP contribution in [0.3, 0.4) is 0 Å². The number of aliphatic hydroxyl groups is 1. The van der Waals surface area contributed by atoms with Gasteiger partial charge in [-0.25, -0.2) is 0 Å². The molecule has 0 aliphatic carbocycles. The first-order valence-electron chi connectivity index (χ1n) is 7.09. The minimum atomic E-state index is 0.101. The van der Waals surface area contributed by atoms with Crippen molar-refractivity contribution in [2.24, 2.45) is 0 Å². The van der Waals surface area contributed by atoms with Crippen molar-refractivity contribution in [3.05, 3.63) is 40.7 Å². The SMILES string of the molecule is COc1ccc(C)c(NCc2c(C)nn(CCO)c2C)c1. The number of ether oxygens (including phenoxy) is 1. The lowest BCUT2D eigenvalue weighted by Gasteiger charge is -2.11. The molecule has 0 saturated carbocycles. The van der Waals surface area contributed by atoms with Gasteiger partial charge in [0.1, 0.15) is 5.75 Å². The molecule has 0 fully saturated rings. The molecule has 114 valence electrons. The number of aryl methyl sites for hydroxylation is 2. The fourth-order valence-electron chi connectivity index (χ4n) is 2.40. The van der Waals surface area contributed by atoms with Crippen molar-refractivity contribution in [2.45, 2.75) is 33.9 Å². The van der Waals surface area contributed by atoms with Gasteiger partial charge in [0.05, 0.1) is 26.0 Å². The largest absolute Gasteiger partial charge is 0.497 e. The third kappa shape index (κ3) is 3.36. The maximum atomic E-state index is 9.06. The molecule has 0 aliphatic rings. The van der Waals surface area contributed by atoms with E-state index in [1.165, 1.54) is 11.1 Å². The van der Waals surface area contributed by atoms with Crippen LogP contribution in [-0.2, 0) is 13.1 Å². The van der Waals surface area contributed by atoms with Crippen molar-refractivity contribution in [3.63, 3.8) is 0 Å². The number of methoxy groups -OCH3 is 1. The van der Waals surface area contributed by atoms with E-state index in [1.807, 2.05) is 36.7 Å². The Kier molecular flexibility index (Phi) is 4.85. The number of aliphatic hydroxyl groups excluding tert-OH is 1. The number of benzene rings is 1. The van der Waals surface area contributed by atoms with E-state index in [4.69, 9.17) is 9.84 Å². The lowest BCUT2D eigenvalue weighted by molar-refractivity contribution is 0.268. The molecule has 1 aromatic carbocycles. The molecule has 0 aliphatic heterocycles. The second-order valence-corrected chi connectivity index (χ2v) is 5.13. The summed E-state index contributed by atoms with van der Waals surface area (Å²) in [5.41, 5.74) is 5.49. The summed E-state index contributed by atoms with van der Waals surface area (Å²) in [7, 11) is 1.67. The maximum absolute atomic E-state index is 9.06. The quantitative estimate of drug-likeness (QED) is 0.857. The van der Waals surface area contributed by atoms with E-state index in [9.17, 15) is 0 Å². The highest BCUT2D eigenvalue weighted by Gasteiger charge is 2.11. The van der Waals surface area contributed by atoms with E-state index in [-0.39, 0.29) is 6.61 Å². The van der Waals surface area contributed by atoms with Gasteiger partial charge >= 0.3 is 0 Å². The highest BCUT2D eigenvalue weighted by Crippen LogP contribution is 2.23. The second-order valence-electron chi connectivity index (χ2n) is 5.13. The van der Waals surface area contributed by atoms with Crippen LogP contribution in [0.5, 0.6) is 5.75 Å². The smallest absolute Gasteiger partial charge is 0.120 e. The Labute approximate surface area is 125 Å². The molecule has 2 aromatic rings. The van der Waals surface area contributed by atoms with Crippen LogP contribution in [0.1, 0.15) is 22.5 Å². The Bertz CT molecular complexity index is 620. The molecule has 2 rings (SSSR count). The van der Waals surface area contributed by atoms with Crippen molar-refractivity contribution >= 4 is 5.69 Å². The zero-order valence-electron chi connectivity index (χ0n) is 13.1. The first kappa shape index (κ1) is 15.4. The monoisotopic (exact) mass is 289 g/mol. The van der Waals surface area contributed by atoms with Crippen LogP contribution < -0.4 is 10.1 Å². The molecule has 0 radical (unpaired) electrons. The number of rotatable bonds is 6. The molecule has 5 heteroatoms. The van der Waals surface area contributed by atoms with Crippen LogP contribution in [0.25, 0.3) is 0 Å². The Morgan fingerprint density at radius 2 is 2.05 bits per heavy atom. The highest BCUT2D eigenvalue weighted by molar-refractivity contribution is 5.55. The van der Waals surface area contributed by atoms with Crippen LogP contribution in [-0.4, -0.2) is 28.6 Å². The molecule has 0 amide bonds. The molecule has 21 heavy (non-hydrogen) atoms. The van der Waals surface area contributed by atoms with Crippen LogP contribution in [0.15, 0.2) is 18.2 Å². The molecule has 0 unspecified atom stereocenters. The van der Waals surface area contributed by atoms with E-state index in [2.05, 4.69) is 17.3 Å². The number of aromatic nitrogens is 2. The summed E-state index contributed by atoms with van der Waals surface area (Å²) >= 11 is 0. The van der Waals surface area contributed by atoms with Gasteiger partial charge in [-0.3, -0.25) is 4.68 Å². The van der Waals surface area contributed by atoms with Crippen molar-refractivity contribution in [2.75, 3.05) is 19.0 Å². The first-order valence-corrected chi connectivity index (χ1v) is 7.09. The lowest BCUT2D eigenvalue weighted by Crippen LogP contribution is -2.07. The first-order chi connectivity index (χ1) is 10.1. The Morgan fingerprint density at radius 1 is 1.29 bits per heavy atom. The van der Waals surface area contributed by atoms with E-state index in [0.29, 0.717) is 13.1 Å². The minimum absolute atomic E-state index is 0.101. The second kappa shape index (κ2) is 6.63. The predicted molar refractivity (Wildman–Crippen MR) is 83.8 cm³/mol. The summed E-state index contributed by atoms with van der Waals surface area (Å²) in [6.45, 7) is 7.43. The van der Waals surface area contributed by atoms with Gasteiger partial charge in [-0.05, 0) is 32.4 Å². The molecule has 1 heterocycles. The van der Waals surface area contributed by atoms with Crippen LogP contribution in [0.2, 0.25) is 0 Å². The van der Waals surface area contributed by atoms with Gasteiger partial charge in [0.25, 0.3) is 0 Å². The van der Waals surface area contributed by atoms with Crippen molar-refractivity contribution in [1.29, 1.82) is 0 Å². The highest BCUT2D eigenvalue weighted by atomic mass is 16.5. The summed E-state index contributed by atoms with van der Waals surface area (Å²) in [5.74, 6) is 0.840. The Balaban J connectivity index is 2.16. The molecule has 0 bridgehead atoms. The van der Waals surface area contributed by atoms with Gasteiger partial charge in [0.15, 0.2) is 0 Å². The summed E-state index contributed by atoms with van der Waals surface area (Å²) in [5, 5.41) is 17.0. The van der Waals surface area contributed by atoms with Gasteiger partial charge in [-0.2, -0.15) is 5.10 Å². The van der Waals surface area contributed by atoms with Crippen molar-refractivity contribution < 1.29 is 9.84 Å². The molecule has 5 nitrogen and oxygen atoms in total. The van der Waals surface area contributed by atoms with Crippen LogP contribution in [0.4, 0.5) is 5.69 Å². The molecule has 0 saturated heterocycles. The summed E-state index contributed by atoms with van der Waals surface area (Å²) in [4.78, 5) is 0. The van der Waals surface area contributed by atoms with Crippen molar-refractivity contribution in [3.8, 4) is 5.75 Å². The fourth-order valence-corrected chi connectivity index (χ4v) is 2.40. The minimum Gasteiger partial charge on any atom is -0.497 e. The molecule has 0 atom stereocenters. The molecule has 2 N–H and O–H groups in total. The summed E-state index contributed by atoms with van der Waals surface area (Å²) in [6, 6.07) is 5.99. The van der Waals surface area contributed by atoms with Crippen LogP contribution >= 0.6 is 0 Å². The van der Waals surface area contributed by atoms with E-state index in [1.54, 1.807) is 7.11 Å². The Morgan fingerprint density at radius 3 is 2.71 bits per heavy atom. The average Bonchev–Trinajstić information content (AvgIpc) is 2.73. The average molecular weight is 289 g/mol. The molecular formula is C16H23N3O2. The third-order valence-electron chi connectivity index (χ3n) is 3.74. The van der Waals surface area contributed by atoms with E-state index in [0.717, 1.165) is 22.8 Å². The number of nitrogens with one attached hydrogen (secondary N) is 1. The number of nitrogens with zero attached hydrogens (tertiary/aromatic N) is 2. The number of anilines is 1. The third-order valence-corrected chi connectivity index (χ3v) is 3.74. The Hall–Kier alpha value is -2.01. The maximum Gasteiger partial charge on any atom is 0.120 e. The van der Waals surface area contributed by atoms with E-state index < -0.39 is 0 Å². The number of hydrogen-bond donors (Lipinski definition) is 2. The predicted octanol–water partition coefficient (Wildman–Crippen LogP) is 2.42. The normalized spacial score (nSPS) is 10.7. The zero-order chi connectivity index (χ0) is 15.4. The molecule has 1 aromatic heterocycles. The fraction of sp³-hybridized carbons (Fsp3) is 0.438. The summed E-state index contributed by atoms with van der Waals surface area (Å²) < 4.78 is 7.11. The molecule has 0 spiro atoms. The van der Waals surface area contributed by atoms with Gasteiger partial charge in [-0.1, -0.05) is 6.07 Å². The van der Waals surface area contributed by atoms with Gasteiger partial charge in [0, 0.05) is 29.6 Å². The summed E-state index contributed by atoms with van der Waals surface area (Å²) in [6.07, 6.45) is 0.